The second kappa shape index (κ2) is 14.3. The summed E-state index contributed by atoms with van der Waals surface area (Å²) in [7, 11) is -4.19. The Morgan fingerprint density at radius 1 is 0.900 bits per heavy atom. The molecule has 5 rings (SSSR count). The van der Waals surface area contributed by atoms with Crippen molar-refractivity contribution in [2.75, 3.05) is 4.72 Å². The number of amides is 2. The van der Waals surface area contributed by atoms with Gasteiger partial charge in [0.1, 0.15) is 16.1 Å². The number of hydrogen-bond acceptors (Lipinski definition) is 9. The molecule has 0 spiro atoms. The first-order valence-electron chi connectivity index (χ1n) is 16.7. The minimum absolute atomic E-state index is 0.0861. The van der Waals surface area contributed by atoms with Crippen LogP contribution in [0.15, 0.2) is 71.8 Å². The van der Waals surface area contributed by atoms with Gasteiger partial charge in [0.05, 0.1) is 5.69 Å². The first-order valence-corrected chi connectivity index (χ1v) is 18.2. The maximum absolute atomic E-state index is 13.8. The quantitative estimate of drug-likeness (QED) is 0.170. The molecule has 0 unspecified atom stereocenters. The lowest BCUT2D eigenvalue weighted by molar-refractivity contribution is -0.389. The molecule has 0 bridgehead atoms. The number of rotatable bonds is 9. The number of carbonyl (C=O) groups excluding carboxylic acids is 2. The summed E-state index contributed by atoms with van der Waals surface area (Å²) in [6.07, 6.45) is 3.23. The van der Waals surface area contributed by atoms with Gasteiger partial charge >= 0.3 is 18.0 Å². The Morgan fingerprint density at radius 2 is 1.56 bits per heavy atom. The van der Waals surface area contributed by atoms with E-state index in [2.05, 4.69) is 15.0 Å². The van der Waals surface area contributed by atoms with Crippen molar-refractivity contribution in [2.24, 2.45) is 0 Å². The fourth-order valence-electron chi connectivity index (χ4n) is 6.29. The van der Waals surface area contributed by atoms with E-state index in [9.17, 15) is 28.1 Å². The van der Waals surface area contributed by atoms with Crippen LogP contribution in [0.5, 0.6) is 0 Å². The van der Waals surface area contributed by atoms with E-state index in [4.69, 9.17) is 9.47 Å². The lowest BCUT2D eigenvalue weighted by atomic mass is 9.90. The van der Waals surface area contributed by atoms with Gasteiger partial charge in [-0.25, -0.2) is 18.0 Å². The summed E-state index contributed by atoms with van der Waals surface area (Å²) in [6.45, 7) is 10.9. The van der Waals surface area contributed by atoms with E-state index >= 15 is 0 Å². The normalized spacial score (nSPS) is 20.7. The molecule has 0 radical (unpaired) electrons. The molecule has 2 atom stereocenters. The van der Waals surface area contributed by atoms with Crippen molar-refractivity contribution < 1.29 is 32.4 Å². The molecule has 13 nitrogen and oxygen atoms in total. The molecule has 2 fully saturated rings. The van der Waals surface area contributed by atoms with Crippen LogP contribution in [0.3, 0.4) is 0 Å². The molecule has 2 amide bonds. The molecular weight excluding hydrogens is 662 g/mol. The zero-order valence-corrected chi connectivity index (χ0v) is 30.0. The molecule has 50 heavy (non-hydrogen) atoms. The van der Waals surface area contributed by atoms with Crippen LogP contribution >= 0.6 is 0 Å². The van der Waals surface area contributed by atoms with Gasteiger partial charge in [0.15, 0.2) is 6.20 Å². The lowest BCUT2D eigenvalue weighted by Gasteiger charge is -2.38. The van der Waals surface area contributed by atoms with Crippen LogP contribution in [-0.2, 0) is 19.5 Å². The average Bonchev–Trinajstić information content (AvgIpc) is 3.80. The van der Waals surface area contributed by atoms with Crippen molar-refractivity contribution >= 4 is 33.7 Å². The summed E-state index contributed by atoms with van der Waals surface area (Å²) in [5.74, 6) is -0.661. The zero-order valence-electron chi connectivity index (χ0n) is 29.2. The molecule has 14 heteroatoms. The second-order valence-electron chi connectivity index (χ2n) is 14.8. The molecule has 2 aromatic carbocycles. The second-order valence-corrected chi connectivity index (χ2v) is 16.5. The van der Waals surface area contributed by atoms with Gasteiger partial charge in [0.2, 0.25) is 0 Å². The van der Waals surface area contributed by atoms with E-state index in [1.165, 1.54) is 0 Å². The van der Waals surface area contributed by atoms with Gasteiger partial charge in [-0.1, -0.05) is 42.5 Å². The minimum Gasteiger partial charge on any atom is -0.444 e. The van der Waals surface area contributed by atoms with Crippen LogP contribution < -0.4 is 10.0 Å². The number of anilines is 1. The van der Waals surface area contributed by atoms with Crippen LogP contribution in [0.1, 0.15) is 85.1 Å². The molecule has 1 aromatic heterocycles. The highest BCUT2D eigenvalue weighted by atomic mass is 32.2. The van der Waals surface area contributed by atoms with E-state index in [0.29, 0.717) is 43.4 Å². The van der Waals surface area contributed by atoms with Crippen molar-refractivity contribution in [3.63, 3.8) is 0 Å². The zero-order chi connectivity index (χ0) is 36.4. The van der Waals surface area contributed by atoms with E-state index in [1.54, 1.807) is 6.07 Å². The fourth-order valence-corrected chi connectivity index (χ4v) is 7.31. The Labute approximate surface area is 293 Å². The number of nitrogens with zero attached hydrogens (tertiary/aromatic N) is 3. The monoisotopic (exact) mass is 707 g/mol. The van der Waals surface area contributed by atoms with E-state index in [0.717, 1.165) is 29.5 Å². The largest absolute Gasteiger partial charge is 0.444 e. The number of aromatic nitrogens is 1. The molecule has 1 heterocycles. The highest BCUT2D eigenvalue weighted by Gasteiger charge is 2.50. The van der Waals surface area contributed by atoms with Crippen LogP contribution in [-0.4, -0.2) is 64.7 Å². The molecule has 0 aliphatic heterocycles. The smallest absolute Gasteiger partial charge is 0.410 e. The SMILES string of the molecule is CC(C)(C)OC(=O)NC1CCC(N(C(=O)OC(C)(C)C)[C@@H]2C[C@H]2c2ccc(-c3ccccc3)cc2NS(=O)(=O)c2ccc([N+](=O)[O-])nc2)CC1. The molecule has 2 aliphatic carbocycles. The molecule has 0 saturated heterocycles. The number of sulfonamides is 1. The average molecular weight is 708 g/mol. The Kier molecular flexibility index (Phi) is 10.4. The third-order valence-corrected chi connectivity index (χ3v) is 9.90. The van der Waals surface area contributed by atoms with E-state index in [-0.39, 0.29) is 28.9 Å². The molecule has 2 N–H and O–H groups in total. The number of hydrogen-bond donors (Lipinski definition) is 2. The number of alkyl carbamates (subject to hydrolysis) is 1. The predicted molar refractivity (Wildman–Crippen MR) is 188 cm³/mol. The summed E-state index contributed by atoms with van der Waals surface area (Å²) >= 11 is 0. The third kappa shape index (κ3) is 9.29. The lowest BCUT2D eigenvalue weighted by Crippen LogP contribution is -2.49. The number of ether oxygens (including phenoxy) is 2. The van der Waals surface area contributed by atoms with Gasteiger partial charge in [0.25, 0.3) is 10.0 Å². The first-order chi connectivity index (χ1) is 23.4. The minimum atomic E-state index is -4.19. The van der Waals surface area contributed by atoms with Gasteiger partial charge in [-0.05, 0) is 112 Å². The van der Waals surface area contributed by atoms with Crippen LogP contribution in [0.4, 0.5) is 21.1 Å². The maximum atomic E-state index is 13.8. The van der Waals surface area contributed by atoms with Gasteiger partial charge in [0, 0.05) is 30.1 Å². The standard InChI is InChI=1S/C36H45N5O8S/c1-35(2,3)48-33(42)38-25-13-15-26(16-14-25)40(34(43)49-36(4,5)6)31-21-29(31)28-18-12-24(23-10-8-7-9-11-23)20-30(28)39-50(46,47)27-17-19-32(37-22-27)41(44)45/h7-12,17-20,22,25-26,29,31,39H,13-16,21H2,1-6H3,(H,38,42)/t25?,26?,29-,31+/m0/s1. The highest BCUT2D eigenvalue weighted by Crippen LogP contribution is 2.50. The Bertz CT molecular complexity index is 1810. The molecule has 2 aliphatic rings. The summed E-state index contributed by atoms with van der Waals surface area (Å²) in [5, 5.41) is 14.1. The van der Waals surface area contributed by atoms with Gasteiger partial charge in [-0.2, -0.15) is 0 Å². The summed E-state index contributed by atoms with van der Waals surface area (Å²) in [6, 6.07) is 16.8. The maximum Gasteiger partial charge on any atom is 0.410 e. The number of pyridine rings is 1. The molecule has 268 valence electrons. The number of benzene rings is 2. The molecular formula is C36H45N5O8S. The molecule has 3 aromatic rings. The topological polar surface area (TPSA) is 170 Å². The molecule has 2 saturated carbocycles. The van der Waals surface area contributed by atoms with Crippen molar-refractivity contribution in [3.05, 3.63) is 82.5 Å². The van der Waals surface area contributed by atoms with Crippen molar-refractivity contribution in [1.82, 2.24) is 15.2 Å². The summed E-state index contributed by atoms with van der Waals surface area (Å²) < 4.78 is 41.2. The predicted octanol–water partition coefficient (Wildman–Crippen LogP) is 7.39. The summed E-state index contributed by atoms with van der Waals surface area (Å²) in [4.78, 5) is 41.9. The van der Waals surface area contributed by atoms with Crippen LogP contribution in [0.2, 0.25) is 0 Å². The highest BCUT2D eigenvalue weighted by molar-refractivity contribution is 7.92. The van der Waals surface area contributed by atoms with Crippen molar-refractivity contribution in [1.29, 1.82) is 0 Å². The van der Waals surface area contributed by atoms with Crippen molar-refractivity contribution in [2.45, 2.75) is 114 Å². The van der Waals surface area contributed by atoms with E-state index in [1.807, 2.05) is 88.9 Å². The van der Waals surface area contributed by atoms with E-state index < -0.39 is 44.2 Å². The number of nitro groups is 1. The van der Waals surface area contributed by atoms with Gasteiger partial charge in [-0.15, -0.1) is 0 Å². The Morgan fingerprint density at radius 3 is 2.14 bits per heavy atom. The van der Waals surface area contributed by atoms with Gasteiger partial charge in [-0.3, -0.25) is 4.72 Å². The fraction of sp³-hybridized carbons (Fsp3) is 0.472. The summed E-state index contributed by atoms with van der Waals surface area (Å²) in [5.41, 5.74) is 1.38. The van der Waals surface area contributed by atoms with Crippen molar-refractivity contribution in [3.8, 4) is 11.1 Å². The van der Waals surface area contributed by atoms with Crippen LogP contribution in [0, 0.1) is 10.1 Å². The number of carbonyl (C=O) groups is 2. The van der Waals surface area contributed by atoms with Gasteiger partial charge < -0.3 is 29.8 Å². The number of nitrogens with one attached hydrogen (secondary N) is 2. The third-order valence-electron chi connectivity index (χ3n) is 8.55. The van der Waals surface area contributed by atoms with Crippen LogP contribution in [0.25, 0.3) is 11.1 Å². The first kappa shape index (κ1) is 36.6. The Balaban J connectivity index is 1.41. The Hall–Kier alpha value is -4.72.